The van der Waals surface area contributed by atoms with Gasteiger partial charge in [-0.25, -0.2) is 9.78 Å². The lowest BCUT2D eigenvalue weighted by molar-refractivity contribution is 0.0698. The van der Waals surface area contributed by atoms with Gasteiger partial charge in [-0.2, -0.15) is 0 Å². The predicted molar refractivity (Wildman–Crippen MR) is 75.2 cm³/mol. The number of rotatable bonds is 3. The van der Waals surface area contributed by atoms with E-state index >= 15 is 0 Å². The first-order valence-electron chi connectivity index (χ1n) is 6.02. The molecule has 0 saturated heterocycles. The minimum Gasteiger partial charge on any atom is -0.478 e. The molecule has 0 fully saturated rings. The summed E-state index contributed by atoms with van der Waals surface area (Å²) < 4.78 is 0. The molecule has 2 aromatic rings. The van der Waals surface area contributed by atoms with Crippen LogP contribution in [0.4, 0.5) is 16.5 Å². The predicted octanol–water partition coefficient (Wildman–Crippen LogP) is 2.66. The lowest BCUT2D eigenvalue weighted by Crippen LogP contribution is -2.05. The second kappa shape index (κ2) is 4.55. The maximum Gasteiger partial charge on any atom is 0.337 e. The zero-order chi connectivity index (χ0) is 13.4. The highest BCUT2D eigenvalue weighted by Gasteiger charge is 2.18. The molecule has 5 nitrogen and oxygen atoms in total. The van der Waals surface area contributed by atoms with Gasteiger partial charge in [0.2, 0.25) is 0 Å². The van der Waals surface area contributed by atoms with Gasteiger partial charge in [-0.05, 0) is 31.4 Å². The number of para-hydroxylation sites is 1. The summed E-state index contributed by atoms with van der Waals surface area (Å²) in [6.45, 7) is 0. The van der Waals surface area contributed by atoms with E-state index in [0.717, 1.165) is 23.7 Å². The standard InChI is InChI=1S/C13H13N3O2S/c14-11-7(12(17)18)3-1-5-9(11)16-13-15-8-4-2-6-10(8)19-13/h1,3,5H,2,4,6,14H2,(H,15,16)(H,17,18). The molecule has 0 bridgehead atoms. The van der Waals surface area contributed by atoms with Gasteiger partial charge in [-0.3, -0.25) is 0 Å². The van der Waals surface area contributed by atoms with Crippen molar-refractivity contribution >= 4 is 33.8 Å². The molecule has 1 aromatic heterocycles. The number of aromatic nitrogens is 1. The van der Waals surface area contributed by atoms with Crippen LogP contribution in [0.15, 0.2) is 18.2 Å². The average Bonchev–Trinajstić information content (AvgIpc) is 2.92. The Kier molecular flexibility index (Phi) is 2.87. The highest BCUT2D eigenvalue weighted by Crippen LogP contribution is 2.33. The number of carbonyl (C=O) groups is 1. The number of carboxylic acid groups (broad SMARTS) is 1. The number of carboxylic acids is 1. The van der Waals surface area contributed by atoms with E-state index < -0.39 is 5.97 Å². The molecule has 0 unspecified atom stereocenters. The SMILES string of the molecule is Nc1c(Nc2nc3c(s2)CCC3)cccc1C(=O)O. The molecule has 1 aliphatic rings. The molecule has 0 saturated carbocycles. The van der Waals surface area contributed by atoms with Gasteiger partial charge in [-0.15, -0.1) is 11.3 Å². The number of aromatic carboxylic acids is 1. The topological polar surface area (TPSA) is 88.2 Å². The lowest BCUT2D eigenvalue weighted by atomic mass is 10.1. The Hall–Kier alpha value is -2.08. The van der Waals surface area contributed by atoms with E-state index in [9.17, 15) is 4.79 Å². The molecule has 0 amide bonds. The first-order valence-corrected chi connectivity index (χ1v) is 6.84. The summed E-state index contributed by atoms with van der Waals surface area (Å²) >= 11 is 1.61. The number of anilines is 3. The van der Waals surface area contributed by atoms with Gasteiger partial charge in [0.1, 0.15) is 0 Å². The van der Waals surface area contributed by atoms with Crippen molar-refractivity contribution in [3.8, 4) is 0 Å². The molecular weight excluding hydrogens is 262 g/mol. The first kappa shape index (κ1) is 12.0. The molecule has 0 spiro atoms. The number of aryl methyl sites for hydroxylation is 2. The molecule has 0 aliphatic heterocycles. The molecule has 98 valence electrons. The number of fused-ring (bicyclic) bond motifs is 1. The van der Waals surface area contributed by atoms with Crippen LogP contribution in [0.1, 0.15) is 27.3 Å². The minimum absolute atomic E-state index is 0.106. The van der Waals surface area contributed by atoms with Crippen LogP contribution in [-0.4, -0.2) is 16.1 Å². The van der Waals surface area contributed by atoms with E-state index in [2.05, 4.69) is 10.3 Å². The number of benzene rings is 1. The van der Waals surface area contributed by atoms with Crippen molar-refractivity contribution in [2.75, 3.05) is 11.1 Å². The fraction of sp³-hybridized carbons (Fsp3) is 0.231. The largest absolute Gasteiger partial charge is 0.478 e. The maximum absolute atomic E-state index is 11.0. The summed E-state index contributed by atoms with van der Waals surface area (Å²) in [5.74, 6) is -1.03. The van der Waals surface area contributed by atoms with Crippen molar-refractivity contribution in [1.29, 1.82) is 0 Å². The third-order valence-corrected chi connectivity index (χ3v) is 4.25. The number of hydrogen-bond acceptors (Lipinski definition) is 5. The van der Waals surface area contributed by atoms with E-state index in [0.29, 0.717) is 5.69 Å². The van der Waals surface area contributed by atoms with Crippen molar-refractivity contribution < 1.29 is 9.90 Å². The Morgan fingerprint density at radius 2 is 2.26 bits per heavy atom. The fourth-order valence-corrected chi connectivity index (χ4v) is 3.28. The Morgan fingerprint density at radius 3 is 3.00 bits per heavy atom. The number of hydrogen-bond donors (Lipinski definition) is 3. The number of thiazole rings is 1. The second-order valence-corrected chi connectivity index (χ2v) is 5.52. The number of nitrogens with zero attached hydrogens (tertiary/aromatic N) is 1. The van der Waals surface area contributed by atoms with Crippen LogP contribution < -0.4 is 11.1 Å². The summed E-state index contributed by atoms with van der Waals surface area (Å²) in [4.78, 5) is 16.8. The first-order chi connectivity index (χ1) is 9.15. The van der Waals surface area contributed by atoms with Crippen molar-refractivity contribution in [2.24, 2.45) is 0 Å². The molecule has 0 atom stereocenters. The van der Waals surface area contributed by atoms with Gasteiger partial charge < -0.3 is 16.2 Å². The Bertz CT molecular complexity index is 630. The third-order valence-electron chi connectivity index (χ3n) is 3.17. The van der Waals surface area contributed by atoms with Crippen molar-refractivity contribution in [1.82, 2.24) is 4.98 Å². The van der Waals surface area contributed by atoms with Crippen molar-refractivity contribution in [3.05, 3.63) is 34.3 Å². The summed E-state index contributed by atoms with van der Waals surface area (Å²) in [6, 6.07) is 4.92. The molecule has 3 rings (SSSR count). The number of nitrogens with one attached hydrogen (secondary N) is 1. The van der Waals surface area contributed by atoms with Gasteiger partial charge in [0.25, 0.3) is 0 Å². The van der Waals surface area contributed by atoms with Crippen LogP contribution in [0.2, 0.25) is 0 Å². The number of nitrogen functional groups attached to an aromatic ring is 1. The van der Waals surface area contributed by atoms with E-state index in [1.807, 2.05) is 0 Å². The Morgan fingerprint density at radius 1 is 1.42 bits per heavy atom. The zero-order valence-corrected chi connectivity index (χ0v) is 11.0. The summed E-state index contributed by atoms with van der Waals surface area (Å²) in [5.41, 5.74) is 7.95. The normalized spacial score (nSPS) is 13.3. The minimum atomic E-state index is -1.03. The second-order valence-electron chi connectivity index (χ2n) is 4.44. The van der Waals surface area contributed by atoms with Crippen molar-refractivity contribution in [2.45, 2.75) is 19.3 Å². The van der Waals surface area contributed by atoms with Gasteiger partial charge in [0.05, 0.1) is 22.6 Å². The van der Waals surface area contributed by atoms with Crippen LogP contribution in [0, 0.1) is 0 Å². The third kappa shape index (κ3) is 2.15. The average molecular weight is 275 g/mol. The monoisotopic (exact) mass is 275 g/mol. The Labute approximate surface area is 114 Å². The smallest absolute Gasteiger partial charge is 0.337 e. The van der Waals surface area contributed by atoms with Gasteiger partial charge in [0.15, 0.2) is 5.13 Å². The van der Waals surface area contributed by atoms with E-state index in [-0.39, 0.29) is 11.3 Å². The fourth-order valence-electron chi connectivity index (χ4n) is 2.22. The van der Waals surface area contributed by atoms with Crippen molar-refractivity contribution in [3.63, 3.8) is 0 Å². The summed E-state index contributed by atoms with van der Waals surface area (Å²) in [6.07, 6.45) is 3.28. The molecular formula is C13H13N3O2S. The van der Waals surface area contributed by atoms with E-state index in [4.69, 9.17) is 10.8 Å². The molecule has 19 heavy (non-hydrogen) atoms. The molecule has 6 heteroatoms. The highest BCUT2D eigenvalue weighted by molar-refractivity contribution is 7.15. The quantitative estimate of drug-likeness (QED) is 0.749. The van der Waals surface area contributed by atoms with Crippen LogP contribution in [0.5, 0.6) is 0 Å². The molecule has 1 aliphatic carbocycles. The molecule has 1 heterocycles. The van der Waals surface area contributed by atoms with Gasteiger partial charge >= 0.3 is 5.97 Å². The van der Waals surface area contributed by atoms with E-state index in [1.165, 1.54) is 17.4 Å². The summed E-state index contributed by atoms with van der Waals surface area (Å²) in [7, 11) is 0. The van der Waals surface area contributed by atoms with Crippen LogP contribution >= 0.6 is 11.3 Å². The Balaban J connectivity index is 1.90. The molecule has 1 aromatic carbocycles. The maximum atomic E-state index is 11.0. The molecule has 0 radical (unpaired) electrons. The molecule has 4 N–H and O–H groups in total. The highest BCUT2D eigenvalue weighted by atomic mass is 32.1. The van der Waals surface area contributed by atoms with Gasteiger partial charge in [0, 0.05) is 4.88 Å². The van der Waals surface area contributed by atoms with Crippen LogP contribution in [-0.2, 0) is 12.8 Å². The van der Waals surface area contributed by atoms with Crippen LogP contribution in [0.25, 0.3) is 0 Å². The summed E-state index contributed by atoms with van der Waals surface area (Å²) in [5, 5.41) is 12.9. The van der Waals surface area contributed by atoms with E-state index in [1.54, 1.807) is 23.5 Å². The lowest BCUT2D eigenvalue weighted by Gasteiger charge is -2.08. The van der Waals surface area contributed by atoms with Gasteiger partial charge in [-0.1, -0.05) is 6.07 Å². The number of nitrogens with two attached hydrogens (primary N) is 1. The zero-order valence-electron chi connectivity index (χ0n) is 10.1. The van der Waals surface area contributed by atoms with Crippen LogP contribution in [0.3, 0.4) is 0 Å².